The van der Waals surface area contributed by atoms with Crippen molar-refractivity contribution in [2.75, 3.05) is 52.4 Å². The smallest absolute Gasteiger partial charge is 0.270 e. The molecule has 0 amide bonds. The zero-order valence-corrected chi connectivity index (χ0v) is 17.0. The Morgan fingerprint density at radius 2 is 1.93 bits per heavy atom. The van der Waals surface area contributed by atoms with E-state index in [2.05, 4.69) is 10.2 Å². The standard InChI is InChI=1S/C21H24N4O5/c1-28-20-6-3-15(12-21(20)29-2)19(24-7-9-30-10-8-24)14-23-18-5-4-17(25(26)27)11-16(18)13-22/h3-6,11-12,19,23H,7-10,14H2,1-2H3. The SMILES string of the molecule is COc1ccc(C(CNc2ccc([N+](=O)[O-])cc2C#N)N2CCOCC2)cc1OC. The molecule has 30 heavy (non-hydrogen) atoms. The molecule has 1 unspecified atom stereocenters. The highest BCUT2D eigenvalue weighted by Gasteiger charge is 2.24. The highest BCUT2D eigenvalue weighted by Crippen LogP contribution is 2.33. The maximum atomic E-state index is 11.0. The molecular weight excluding hydrogens is 388 g/mol. The van der Waals surface area contributed by atoms with Crippen LogP contribution < -0.4 is 14.8 Å². The minimum atomic E-state index is -0.509. The summed E-state index contributed by atoms with van der Waals surface area (Å²) in [7, 11) is 3.19. The van der Waals surface area contributed by atoms with Gasteiger partial charge in [0.25, 0.3) is 5.69 Å². The minimum absolute atomic E-state index is 0.0181. The number of hydrogen-bond donors (Lipinski definition) is 1. The summed E-state index contributed by atoms with van der Waals surface area (Å²) in [5.41, 5.74) is 1.71. The van der Waals surface area contributed by atoms with Crippen molar-refractivity contribution in [3.05, 3.63) is 57.6 Å². The Hall–Kier alpha value is -3.35. The first-order valence-corrected chi connectivity index (χ1v) is 9.53. The maximum absolute atomic E-state index is 11.0. The lowest BCUT2D eigenvalue weighted by atomic mass is 10.0. The van der Waals surface area contributed by atoms with Crippen LogP contribution in [0.25, 0.3) is 0 Å². The van der Waals surface area contributed by atoms with Gasteiger partial charge in [-0.3, -0.25) is 15.0 Å². The number of non-ortho nitro benzene ring substituents is 1. The van der Waals surface area contributed by atoms with Gasteiger partial charge in [0.15, 0.2) is 11.5 Å². The number of nitrogens with one attached hydrogen (secondary N) is 1. The van der Waals surface area contributed by atoms with Crippen LogP contribution in [0.2, 0.25) is 0 Å². The molecule has 0 spiro atoms. The van der Waals surface area contributed by atoms with E-state index in [0.717, 1.165) is 18.7 Å². The second kappa shape index (κ2) is 9.91. The topological polar surface area (TPSA) is 110 Å². The quantitative estimate of drug-likeness (QED) is 0.520. The molecule has 1 aliphatic heterocycles. The summed E-state index contributed by atoms with van der Waals surface area (Å²) in [4.78, 5) is 12.8. The third-order valence-electron chi connectivity index (χ3n) is 5.10. The Morgan fingerprint density at radius 3 is 2.57 bits per heavy atom. The first-order chi connectivity index (χ1) is 14.6. The van der Waals surface area contributed by atoms with E-state index in [0.29, 0.717) is 36.9 Å². The number of nitriles is 1. The van der Waals surface area contributed by atoms with E-state index < -0.39 is 4.92 Å². The van der Waals surface area contributed by atoms with E-state index in [-0.39, 0.29) is 17.3 Å². The minimum Gasteiger partial charge on any atom is -0.493 e. The Morgan fingerprint density at radius 1 is 1.20 bits per heavy atom. The van der Waals surface area contributed by atoms with Gasteiger partial charge in [-0.05, 0) is 23.8 Å². The summed E-state index contributed by atoms with van der Waals surface area (Å²) in [5, 5.41) is 23.7. The molecular formula is C21H24N4O5. The molecule has 9 nitrogen and oxygen atoms in total. The third-order valence-corrected chi connectivity index (χ3v) is 5.10. The second-order valence-corrected chi connectivity index (χ2v) is 6.76. The fourth-order valence-corrected chi connectivity index (χ4v) is 3.51. The van der Waals surface area contributed by atoms with Gasteiger partial charge in [-0.2, -0.15) is 5.26 Å². The van der Waals surface area contributed by atoms with Gasteiger partial charge in [0.1, 0.15) is 6.07 Å². The van der Waals surface area contributed by atoms with E-state index >= 15 is 0 Å². The average molecular weight is 412 g/mol. The van der Waals surface area contributed by atoms with Crippen LogP contribution in [0.5, 0.6) is 11.5 Å². The van der Waals surface area contributed by atoms with Gasteiger partial charge in [-0.1, -0.05) is 6.07 Å². The maximum Gasteiger partial charge on any atom is 0.270 e. The van der Waals surface area contributed by atoms with Crippen LogP contribution in [0.1, 0.15) is 17.2 Å². The third kappa shape index (κ3) is 4.79. The second-order valence-electron chi connectivity index (χ2n) is 6.76. The van der Waals surface area contributed by atoms with Crippen LogP contribution in [0.4, 0.5) is 11.4 Å². The predicted molar refractivity (Wildman–Crippen MR) is 111 cm³/mol. The molecule has 1 atom stereocenters. The lowest BCUT2D eigenvalue weighted by molar-refractivity contribution is -0.384. The number of methoxy groups -OCH3 is 2. The van der Waals surface area contributed by atoms with Crippen molar-refractivity contribution in [3.63, 3.8) is 0 Å². The van der Waals surface area contributed by atoms with Crippen molar-refractivity contribution in [1.82, 2.24) is 4.90 Å². The van der Waals surface area contributed by atoms with Gasteiger partial charge in [-0.25, -0.2) is 0 Å². The summed E-state index contributed by atoms with van der Waals surface area (Å²) in [6, 6.07) is 12.1. The first kappa shape index (κ1) is 21.4. The van der Waals surface area contributed by atoms with Crippen molar-refractivity contribution in [3.8, 4) is 17.6 Å². The fraction of sp³-hybridized carbons (Fsp3) is 0.381. The molecule has 1 aliphatic rings. The number of nitro benzene ring substituents is 1. The summed E-state index contributed by atoms with van der Waals surface area (Å²) < 4.78 is 16.3. The molecule has 9 heteroatoms. The lowest BCUT2D eigenvalue weighted by Gasteiger charge is -2.35. The lowest BCUT2D eigenvalue weighted by Crippen LogP contribution is -2.41. The molecule has 1 fully saturated rings. The number of anilines is 1. The largest absolute Gasteiger partial charge is 0.493 e. The zero-order valence-electron chi connectivity index (χ0n) is 17.0. The molecule has 1 heterocycles. The van der Waals surface area contributed by atoms with E-state index in [4.69, 9.17) is 14.2 Å². The molecule has 0 bridgehead atoms. The average Bonchev–Trinajstić information content (AvgIpc) is 2.79. The molecule has 0 aromatic heterocycles. The number of benzene rings is 2. The van der Waals surface area contributed by atoms with Gasteiger partial charge >= 0.3 is 0 Å². The van der Waals surface area contributed by atoms with Gasteiger partial charge in [0.05, 0.1) is 49.6 Å². The summed E-state index contributed by atoms with van der Waals surface area (Å²) in [6.07, 6.45) is 0. The van der Waals surface area contributed by atoms with Gasteiger partial charge in [0.2, 0.25) is 0 Å². The Bertz CT molecular complexity index is 937. The van der Waals surface area contributed by atoms with E-state index in [1.807, 2.05) is 24.3 Å². The molecule has 2 aromatic carbocycles. The van der Waals surface area contributed by atoms with Gasteiger partial charge in [0, 0.05) is 31.8 Å². The van der Waals surface area contributed by atoms with Gasteiger partial charge in [-0.15, -0.1) is 0 Å². The van der Waals surface area contributed by atoms with Crippen LogP contribution in [-0.4, -0.2) is 56.9 Å². The molecule has 0 radical (unpaired) electrons. The van der Waals surface area contributed by atoms with Gasteiger partial charge < -0.3 is 19.5 Å². The summed E-state index contributed by atoms with van der Waals surface area (Å²) in [6.45, 7) is 3.33. The van der Waals surface area contributed by atoms with E-state index in [1.54, 1.807) is 20.3 Å². The highest BCUT2D eigenvalue weighted by molar-refractivity contribution is 5.61. The monoisotopic (exact) mass is 412 g/mol. The summed E-state index contributed by atoms with van der Waals surface area (Å²) >= 11 is 0. The molecule has 1 saturated heterocycles. The predicted octanol–water partition coefficient (Wildman–Crippen LogP) is 2.97. The van der Waals surface area contributed by atoms with E-state index in [9.17, 15) is 15.4 Å². The molecule has 1 N–H and O–H groups in total. The Kier molecular flexibility index (Phi) is 7.06. The van der Waals surface area contributed by atoms with Crippen LogP contribution in [0.15, 0.2) is 36.4 Å². The van der Waals surface area contributed by atoms with Crippen molar-refractivity contribution >= 4 is 11.4 Å². The number of nitro groups is 1. The van der Waals surface area contributed by atoms with Crippen molar-refractivity contribution in [2.45, 2.75) is 6.04 Å². The molecule has 158 valence electrons. The highest BCUT2D eigenvalue weighted by atomic mass is 16.6. The molecule has 3 rings (SSSR count). The van der Waals surface area contributed by atoms with Crippen LogP contribution in [0.3, 0.4) is 0 Å². The number of hydrogen-bond acceptors (Lipinski definition) is 8. The Balaban J connectivity index is 1.87. The molecule has 0 aliphatic carbocycles. The van der Waals surface area contributed by atoms with E-state index in [1.165, 1.54) is 12.1 Å². The van der Waals surface area contributed by atoms with Crippen LogP contribution in [0, 0.1) is 21.4 Å². The van der Waals surface area contributed by atoms with Crippen molar-refractivity contribution < 1.29 is 19.1 Å². The Labute approximate surface area is 174 Å². The molecule has 0 saturated carbocycles. The van der Waals surface area contributed by atoms with Crippen molar-refractivity contribution in [1.29, 1.82) is 5.26 Å². The van der Waals surface area contributed by atoms with Crippen LogP contribution in [-0.2, 0) is 4.74 Å². The normalized spacial score (nSPS) is 15.1. The van der Waals surface area contributed by atoms with Crippen molar-refractivity contribution in [2.24, 2.45) is 0 Å². The number of nitrogens with zero attached hydrogens (tertiary/aromatic N) is 3. The molecule has 2 aromatic rings. The number of morpholine rings is 1. The fourth-order valence-electron chi connectivity index (χ4n) is 3.51. The zero-order chi connectivity index (χ0) is 21.5. The van der Waals surface area contributed by atoms with Crippen LogP contribution >= 0.6 is 0 Å². The number of rotatable bonds is 8. The first-order valence-electron chi connectivity index (χ1n) is 9.53. The summed E-state index contributed by atoms with van der Waals surface area (Å²) in [5.74, 6) is 1.29. The number of ether oxygens (including phenoxy) is 3.